The number of nitrogens with one attached hydrogen (secondary N) is 1. The molecule has 36 heavy (non-hydrogen) atoms. The summed E-state index contributed by atoms with van der Waals surface area (Å²) in [5, 5.41) is 10.8. The summed E-state index contributed by atoms with van der Waals surface area (Å²) in [5.74, 6) is -0.440. The molecule has 0 radical (unpaired) electrons. The highest BCUT2D eigenvalue weighted by molar-refractivity contribution is 7.91. The molecule has 0 saturated carbocycles. The van der Waals surface area contributed by atoms with Gasteiger partial charge in [-0.25, -0.2) is 12.8 Å². The van der Waals surface area contributed by atoms with Crippen molar-refractivity contribution in [3.63, 3.8) is 0 Å². The van der Waals surface area contributed by atoms with Gasteiger partial charge in [0.1, 0.15) is 24.1 Å². The maximum Gasteiger partial charge on any atom is 0.268 e. The minimum atomic E-state index is -3.69. The van der Waals surface area contributed by atoms with Crippen molar-refractivity contribution in [3.8, 4) is 17.6 Å². The molecule has 1 amide bonds. The molecule has 0 aliphatic heterocycles. The van der Waals surface area contributed by atoms with Gasteiger partial charge in [-0.05, 0) is 50.6 Å². The first kappa shape index (κ1) is 26.8. The van der Waals surface area contributed by atoms with Crippen LogP contribution in [0.1, 0.15) is 31.9 Å². The lowest BCUT2D eigenvalue weighted by molar-refractivity contribution is -0.112. The highest BCUT2D eigenvalue weighted by atomic mass is 32.2. The number of ether oxygens (including phenoxy) is 2. The maximum atomic E-state index is 13.9. The Bertz CT molecular complexity index is 1430. The van der Waals surface area contributed by atoms with Gasteiger partial charge in [-0.2, -0.15) is 14.6 Å². The number of carbonyl (C=O) groups is 1. The van der Waals surface area contributed by atoms with Crippen molar-refractivity contribution in [2.24, 2.45) is 0 Å². The van der Waals surface area contributed by atoms with Crippen LogP contribution in [0.4, 0.5) is 9.52 Å². The van der Waals surface area contributed by atoms with Crippen molar-refractivity contribution in [1.29, 1.82) is 5.26 Å². The second-order valence-corrected chi connectivity index (χ2v) is 10.8. The summed E-state index contributed by atoms with van der Waals surface area (Å²) in [4.78, 5) is 16.5. The highest BCUT2D eigenvalue weighted by Gasteiger charge is 2.25. The lowest BCUT2D eigenvalue weighted by Crippen LogP contribution is -2.16. The highest BCUT2D eigenvalue weighted by Crippen LogP contribution is 2.30. The lowest BCUT2D eigenvalue weighted by atomic mass is 10.1. The minimum absolute atomic E-state index is 0.00977. The first-order valence-corrected chi connectivity index (χ1v) is 13.1. The van der Waals surface area contributed by atoms with Crippen LogP contribution in [0.5, 0.6) is 11.5 Å². The number of sulfone groups is 1. The van der Waals surface area contributed by atoms with E-state index in [1.54, 1.807) is 43.3 Å². The third kappa shape index (κ3) is 6.44. The molecular formula is C24H23FN4O5S2. The van der Waals surface area contributed by atoms with Crippen molar-refractivity contribution in [2.45, 2.75) is 37.8 Å². The normalized spacial score (nSPS) is 11.7. The summed E-state index contributed by atoms with van der Waals surface area (Å²) in [6.45, 7) is 5.10. The molecule has 0 fully saturated rings. The fourth-order valence-corrected chi connectivity index (χ4v) is 4.54. The van der Waals surface area contributed by atoms with Gasteiger partial charge in [0.05, 0.1) is 11.9 Å². The predicted octanol–water partition coefficient (Wildman–Crippen LogP) is 4.38. The summed E-state index contributed by atoms with van der Waals surface area (Å²) in [7, 11) is -3.69. The molecule has 0 atom stereocenters. The number of amides is 1. The fraction of sp³-hybridized carbons (Fsp3) is 0.250. The largest absolute Gasteiger partial charge is 0.490 e. The molecule has 3 aromatic rings. The number of rotatable bonds is 10. The van der Waals surface area contributed by atoms with E-state index >= 15 is 0 Å². The smallest absolute Gasteiger partial charge is 0.268 e. The number of halogens is 1. The van der Waals surface area contributed by atoms with Crippen LogP contribution in [0.25, 0.3) is 6.08 Å². The Balaban J connectivity index is 1.78. The molecule has 0 aliphatic carbocycles. The quantitative estimate of drug-likeness (QED) is 0.302. The topological polar surface area (TPSA) is 131 Å². The molecule has 1 N–H and O–H groups in total. The molecule has 0 saturated heterocycles. The van der Waals surface area contributed by atoms with Gasteiger partial charge >= 0.3 is 0 Å². The van der Waals surface area contributed by atoms with Crippen LogP contribution >= 0.6 is 11.5 Å². The van der Waals surface area contributed by atoms with Gasteiger partial charge in [-0.1, -0.05) is 24.3 Å². The number of carbonyl (C=O) groups excluding carboxylic acids is 1. The third-order valence-corrected chi connectivity index (χ3v) is 7.47. The van der Waals surface area contributed by atoms with Gasteiger partial charge in [0.25, 0.3) is 11.1 Å². The molecule has 9 nitrogen and oxygen atoms in total. The van der Waals surface area contributed by atoms with Crippen molar-refractivity contribution in [2.75, 3.05) is 11.9 Å². The number of benzene rings is 2. The van der Waals surface area contributed by atoms with Gasteiger partial charge in [0.2, 0.25) is 15.0 Å². The van der Waals surface area contributed by atoms with E-state index in [2.05, 4.69) is 14.7 Å². The fourth-order valence-electron chi connectivity index (χ4n) is 2.84. The summed E-state index contributed by atoms with van der Waals surface area (Å²) in [5.41, 5.74) is 0.609. The SMILES string of the molecule is CCOc1cc(/C=C(/C#N)C(=O)Nc2nc(S(=O)(=O)C(C)C)ns2)ccc1OCc1ccccc1F. The second kappa shape index (κ2) is 11.7. The number of hydrogen-bond donors (Lipinski definition) is 1. The molecule has 3 rings (SSSR count). The summed E-state index contributed by atoms with van der Waals surface area (Å²) >= 11 is 0.700. The van der Waals surface area contributed by atoms with E-state index in [9.17, 15) is 22.9 Å². The van der Waals surface area contributed by atoms with Crippen molar-refractivity contribution >= 4 is 38.5 Å². The molecule has 0 unspecified atom stereocenters. The van der Waals surface area contributed by atoms with E-state index in [0.717, 1.165) is 0 Å². The zero-order valence-corrected chi connectivity index (χ0v) is 21.3. The van der Waals surface area contributed by atoms with E-state index in [1.165, 1.54) is 26.0 Å². The van der Waals surface area contributed by atoms with Crippen LogP contribution in [-0.4, -0.2) is 35.5 Å². The maximum absolute atomic E-state index is 13.9. The van der Waals surface area contributed by atoms with Gasteiger partial charge in [0.15, 0.2) is 11.5 Å². The van der Waals surface area contributed by atoms with Crippen LogP contribution in [-0.2, 0) is 21.2 Å². The first-order chi connectivity index (χ1) is 17.1. The van der Waals surface area contributed by atoms with Crippen molar-refractivity contribution in [1.82, 2.24) is 9.36 Å². The monoisotopic (exact) mass is 530 g/mol. The Morgan fingerprint density at radius 3 is 2.64 bits per heavy atom. The van der Waals surface area contributed by atoms with Gasteiger partial charge in [0, 0.05) is 17.1 Å². The van der Waals surface area contributed by atoms with Crippen molar-refractivity contribution in [3.05, 3.63) is 65.0 Å². The molecule has 0 bridgehead atoms. The first-order valence-electron chi connectivity index (χ1n) is 10.8. The average molecular weight is 531 g/mol. The molecule has 12 heteroatoms. The summed E-state index contributed by atoms with van der Waals surface area (Å²) < 4.78 is 53.4. The second-order valence-electron chi connectivity index (χ2n) is 7.62. The number of aromatic nitrogens is 2. The van der Waals surface area contributed by atoms with E-state index in [4.69, 9.17) is 9.47 Å². The third-order valence-electron chi connectivity index (χ3n) is 4.79. The zero-order chi connectivity index (χ0) is 26.3. The van der Waals surface area contributed by atoms with E-state index in [1.807, 2.05) is 6.07 Å². The Morgan fingerprint density at radius 2 is 1.97 bits per heavy atom. The predicted molar refractivity (Wildman–Crippen MR) is 133 cm³/mol. The molecule has 2 aromatic carbocycles. The van der Waals surface area contributed by atoms with Crippen LogP contribution in [0, 0.1) is 17.1 Å². The number of nitrogens with zero attached hydrogens (tertiary/aromatic N) is 3. The van der Waals surface area contributed by atoms with Gasteiger partial charge < -0.3 is 9.47 Å². The average Bonchev–Trinajstić information content (AvgIpc) is 3.32. The van der Waals surface area contributed by atoms with E-state index < -0.39 is 21.0 Å². The van der Waals surface area contributed by atoms with Gasteiger partial charge in [-0.3, -0.25) is 10.1 Å². The molecule has 1 heterocycles. The van der Waals surface area contributed by atoms with Crippen molar-refractivity contribution < 1.29 is 27.1 Å². The standard InChI is InChI=1S/C24H23FN4O5S2/c1-4-33-21-12-16(9-10-20(21)34-14-17-7-5-6-8-19(17)25)11-18(13-26)22(30)27-23-28-24(29-35-23)36(31,32)15(2)3/h5-12,15H,4,14H2,1-3H3,(H,27,28,29,30)/b18-11-. The number of hydrogen-bond acceptors (Lipinski definition) is 9. The minimum Gasteiger partial charge on any atom is -0.490 e. The Labute approximate surface area is 212 Å². The number of anilines is 1. The molecular weight excluding hydrogens is 507 g/mol. The summed E-state index contributed by atoms with van der Waals surface area (Å²) in [6, 6.07) is 12.9. The number of nitriles is 1. The summed E-state index contributed by atoms with van der Waals surface area (Å²) in [6.07, 6.45) is 1.34. The Morgan fingerprint density at radius 1 is 1.22 bits per heavy atom. The Hall–Kier alpha value is -3.82. The van der Waals surface area contributed by atoms with E-state index in [0.29, 0.717) is 40.8 Å². The molecule has 188 valence electrons. The van der Waals surface area contributed by atoms with Crippen LogP contribution in [0.3, 0.4) is 0 Å². The molecule has 0 aliphatic rings. The van der Waals surface area contributed by atoms with Crippen LogP contribution in [0.15, 0.2) is 53.2 Å². The lowest BCUT2D eigenvalue weighted by Gasteiger charge is -2.13. The van der Waals surface area contributed by atoms with Crippen LogP contribution in [0.2, 0.25) is 0 Å². The zero-order valence-electron chi connectivity index (χ0n) is 19.7. The van der Waals surface area contributed by atoms with Crippen LogP contribution < -0.4 is 14.8 Å². The molecule has 0 spiro atoms. The molecule has 1 aromatic heterocycles. The van der Waals surface area contributed by atoms with E-state index in [-0.39, 0.29) is 28.3 Å². The Kier molecular flexibility index (Phi) is 8.73. The van der Waals surface area contributed by atoms with Gasteiger partial charge in [-0.15, -0.1) is 0 Å².